The lowest BCUT2D eigenvalue weighted by molar-refractivity contribution is -0.117. The van der Waals surface area contributed by atoms with E-state index in [4.69, 9.17) is 9.47 Å². The number of ketones is 1. The first-order chi connectivity index (χ1) is 13.9. The summed E-state index contributed by atoms with van der Waals surface area (Å²) in [5, 5.41) is 0. The van der Waals surface area contributed by atoms with Crippen molar-refractivity contribution < 1.29 is 23.9 Å². The molecule has 7 heteroatoms. The molecule has 7 nitrogen and oxygen atoms in total. The van der Waals surface area contributed by atoms with E-state index in [1.54, 1.807) is 42.3 Å². The molecule has 0 spiro atoms. The molecule has 0 unspecified atom stereocenters. The van der Waals surface area contributed by atoms with Gasteiger partial charge in [-0.15, -0.1) is 0 Å². The fourth-order valence-electron chi connectivity index (χ4n) is 3.62. The Balaban J connectivity index is 1.65. The van der Waals surface area contributed by atoms with Crippen molar-refractivity contribution in [2.24, 2.45) is 0 Å². The van der Waals surface area contributed by atoms with Crippen LogP contribution in [0.3, 0.4) is 0 Å². The molecule has 0 N–H and O–H groups in total. The van der Waals surface area contributed by atoms with E-state index in [0.717, 1.165) is 17.8 Å². The number of aryl methyl sites for hydroxylation is 1. The number of hydrogen-bond donors (Lipinski definition) is 0. The maximum atomic E-state index is 12.6. The average molecular weight is 398 g/mol. The lowest BCUT2D eigenvalue weighted by Gasteiger charge is -2.16. The predicted octanol–water partition coefficient (Wildman–Crippen LogP) is 2.92. The molecule has 29 heavy (non-hydrogen) atoms. The highest BCUT2D eigenvalue weighted by molar-refractivity contribution is 6.01. The highest BCUT2D eigenvalue weighted by Gasteiger charge is 2.23. The number of ether oxygens (including phenoxy) is 2. The van der Waals surface area contributed by atoms with Crippen LogP contribution in [0.15, 0.2) is 30.3 Å². The van der Waals surface area contributed by atoms with Crippen molar-refractivity contribution in [1.29, 1.82) is 0 Å². The van der Waals surface area contributed by atoms with E-state index in [-0.39, 0.29) is 18.3 Å². The smallest absolute Gasteiger partial charge is 0.338 e. The maximum absolute atomic E-state index is 12.6. The van der Waals surface area contributed by atoms with Crippen LogP contribution in [0.2, 0.25) is 0 Å². The minimum Gasteiger partial charge on any atom is -0.454 e. The van der Waals surface area contributed by atoms with Gasteiger partial charge >= 0.3 is 5.97 Å². The van der Waals surface area contributed by atoms with Crippen LogP contribution in [0.1, 0.15) is 44.9 Å². The fraction of sp³-hybridized carbons (Fsp3) is 0.409. The van der Waals surface area contributed by atoms with Gasteiger partial charge in [0.15, 0.2) is 6.61 Å². The summed E-state index contributed by atoms with van der Waals surface area (Å²) in [6.07, 6.45) is 1.33. The molecule has 3 rings (SSSR count). The van der Waals surface area contributed by atoms with Crippen LogP contribution in [0.4, 0.5) is 5.69 Å². The largest absolute Gasteiger partial charge is 0.454 e. The highest BCUT2D eigenvalue weighted by atomic mass is 16.5. The number of carbonyl (C=O) groups is 3. The molecular weight excluding hydrogens is 372 g/mol. The van der Waals surface area contributed by atoms with Crippen LogP contribution in [-0.2, 0) is 20.8 Å². The van der Waals surface area contributed by atoms with Gasteiger partial charge in [-0.25, -0.2) is 4.79 Å². The number of nitrogens with zero attached hydrogens (tertiary/aromatic N) is 2. The first-order valence-electron chi connectivity index (χ1n) is 9.68. The predicted molar refractivity (Wildman–Crippen MR) is 108 cm³/mol. The second-order valence-electron chi connectivity index (χ2n) is 7.13. The Hall–Kier alpha value is -2.93. The summed E-state index contributed by atoms with van der Waals surface area (Å²) in [5.74, 6) is -0.782. The molecule has 1 aliphatic rings. The zero-order valence-electron chi connectivity index (χ0n) is 17.1. The molecule has 0 saturated carbocycles. The molecule has 1 aliphatic heterocycles. The molecule has 154 valence electrons. The summed E-state index contributed by atoms with van der Waals surface area (Å²) in [5.41, 5.74) is 3.32. The van der Waals surface area contributed by atoms with Gasteiger partial charge in [0.1, 0.15) is 0 Å². The van der Waals surface area contributed by atoms with Crippen LogP contribution in [0.5, 0.6) is 0 Å². The molecule has 0 radical (unpaired) electrons. The number of amides is 1. The Morgan fingerprint density at radius 3 is 2.66 bits per heavy atom. The van der Waals surface area contributed by atoms with Gasteiger partial charge in [-0.2, -0.15) is 0 Å². The number of Topliss-reactive ketones (excluding diaryl/α,β-unsaturated/α-hetero) is 1. The van der Waals surface area contributed by atoms with Crippen molar-refractivity contribution in [2.45, 2.75) is 33.2 Å². The summed E-state index contributed by atoms with van der Waals surface area (Å²) in [4.78, 5) is 38.6. The molecule has 1 amide bonds. The summed E-state index contributed by atoms with van der Waals surface area (Å²) in [7, 11) is 1.63. The number of aromatic nitrogens is 1. The Morgan fingerprint density at radius 1 is 1.17 bits per heavy atom. The average Bonchev–Trinajstić information content (AvgIpc) is 3.27. The molecule has 1 aromatic carbocycles. The van der Waals surface area contributed by atoms with E-state index < -0.39 is 5.97 Å². The van der Waals surface area contributed by atoms with Crippen molar-refractivity contribution in [3.63, 3.8) is 0 Å². The Labute approximate surface area is 170 Å². The van der Waals surface area contributed by atoms with Gasteiger partial charge in [0, 0.05) is 49.3 Å². The minimum absolute atomic E-state index is 0.0505. The lowest BCUT2D eigenvalue weighted by Crippen LogP contribution is -2.24. The maximum Gasteiger partial charge on any atom is 0.338 e. The highest BCUT2D eigenvalue weighted by Crippen LogP contribution is 2.23. The molecule has 1 saturated heterocycles. The van der Waals surface area contributed by atoms with E-state index in [9.17, 15) is 14.4 Å². The van der Waals surface area contributed by atoms with Crippen LogP contribution in [0.25, 0.3) is 0 Å². The van der Waals surface area contributed by atoms with E-state index in [2.05, 4.69) is 0 Å². The van der Waals surface area contributed by atoms with Crippen LogP contribution < -0.4 is 4.90 Å². The molecule has 1 fully saturated rings. The van der Waals surface area contributed by atoms with E-state index in [1.807, 2.05) is 18.4 Å². The van der Waals surface area contributed by atoms with E-state index in [1.165, 1.54) is 0 Å². The van der Waals surface area contributed by atoms with Crippen LogP contribution >= 0.6 is 0 Å². The summed E-state index contributed by atoms with van der Waals surface area (Å²) >= 11 is 0. The van der Waals surface area contributed by atoms with Crippen LogP contribution in [-0.4, -0.2) is 49.1 Å². The molecule has 0 aliphatic carbocycles. The third-order valence-corrected chi connectivity index (χ3v) is 5.19. The normalized spacial score (nSPS) is 13.8. The van der Waals surface area contributed by atoms with Gasteiger partial charge in [0.05, 0.1) is 12.2 Å². The van der Waals surface area contributed by atoms with Crippen molar-refractivity contribution in [3.05, 3.63) is 52.8 Å². The topological polar surface area (TPSA) is 77.8 Å². The molecule has 2 aromatic rings. The summed E-state index contributed by atoms with van der Waals surface area (Å²) < 4.78 is 12.4. The summed E-state index contributed by atoms with van der Waals surface area (Å²) in [6.45, 7) is 5.32. The standard InChI is InChI=1S/C22H26N2O5/c1-15-12-19(16(2)23(15)10-11-28-3)20(25)14-29-22(27)17-6-4-7-18(13-17)24-9-5-8-21(24)26/h4,6-7,12-13H,5,8-11,14H2,1-3H3. The molecule has 2 heterocycles. The Bertz CT molecular complexity index is 931. The fourth-order valence-corrected chi connectivity index (χ4v) is 3.62. The van der Waals surface area contributed by atoms with Crippen molar-refractivity contribution in [1.82, 2.24) is 4.57 Å². The van der Waals surface area contributed by atoms with Crippen molar-refractivity contribution >= 4 is 23.3 Å². The Kier molecular flexibility index (Phi) is 6.49. The van der Waals surface area contributed by atoms with E-state index in [0.29, 0.717) is 42.9 Å². The number of benzene rings is 1. The van der Waals surface area contributed by atoms with Gasteiger partial charge in [0.25, 0.3) is 0 Å². The molecule has 0 atom stereocenters. The van der Waals surface area contributed by atoms with Crippen LogP contribution in [0, 0.1) is 13.8 Å². The zero-order valence-corrected chi connectivity index (χ0v) is 17.1. The number of anilines is 1. The second-order valence-corrected chi connectivity index (χ2v) is 7.13. The lowest BCUT2D eigenvalue weighted by atomic mass is 10.1. The SMILES string of the molecule is COCCn1c(C)cc(C(=O)COC(=O)c2cccc(N3CCCC3=O)c2)c1C. The molecule has 0 bridgehead atoms. The number of carbonyl (C=O) groups excluding carboxylic acids is 3. The monoisotopic (exact) mass is 398 g/mol. The van der Waals surface area contributed by atoms with Gasteiger partial charge in [-0.1, -0.05) is 6.07 Å². The quantitative estimate of drug-likeness (QED) is 0.505. The number of methoxy groups -OCH3 is 1. The number of esters is 1. The number of hydrogen-bond acceptors (Lipinski definition) is 5. The third kappa shape index (κ3) is 4.56. The van der Waals surface area contributed by atoms with E-state index >= 15 is 0 Å². The van der Waals surface area contributed by atoms with Gasteiger partial charge in [0.2, 0.25) is 11.7 Å². The molecular formula is C22H26N2O5. The second kappa shape index (κ2) is 9.05. The first kappa shape index (κ1) is 20.8. The van der Waals surface area contributed by atoms with Crippen molar-refractivity contribution in [3.8, 4) is 0 Å². The first-order valence-corrected chi connectivity index (χ1v) is 9.68. The van der Waals surface area contributed by atoms with Gasteiger partial charge in [-0.3, -0.25) is 9.59 Å². The number of rotatable bonds is 8. The Morgan fingerprint density at radius 2 is 1.97 bits per heavy atom. The van der Waals surface area contributed by atoms with Gasteiger partial charge < -0.3 is 18.9 Å². The summed E-state index contributed by atoms with van der Waals surface area (Å²) in [6, 6.07) is 8.56. The minimum atomic E-state index is -0.583. The third-order valence-electron chi connectivity index (χ3n) is 5.19. The van der Waals surface area contributed by atoms with Gasteiger partial charge in [-0.05, 0) is 44.5 Å². The van der Waals surface area contributed by atoms with Crippen molar-refractivity contribution in [2.75, 3.05) is 31.8 Å². The molecule has 1 aromatic heterocycles. The zero-order chi connectivity index (χ0) is 21.0.